The van der Waals surface area contributed by atoms with Crippen LogP contribution in [0.25, 0.3) is 33.0 Å². The number of rotatable bonds is 0. The van der Waals surface area contributed by atoms with E-state index in [9.17, 15) is 0 Å². The third-order valence-corrected chi connectivity index (χ3v) is 5.04. The first-order chi connectivity index (χ1) is 10.4. The summed E-state index contributed by atoms with van der Waals surface area (Å²) >= 11 is 0. The third-order valence-electron chi connectivity index (χ3n) is 5.04. The van der Waals surface area contributed by atoms with E-state index in [4.69, 9.17) is 0 Å². The fourth-order valence-corrected chi connectivity index (χ4v) is 4.14. The molecule has 22 heavy (non-hydrogen) atoms. The summed E-state index contributed by atoms with van der Waals surface area (Å²) in [6.07, 6.45) is 0. The van der Waals surface area contributed by atoms with Gasteiger partial charge in [-0.25, -0.2) is 0 Å². The van der Waals surface area contributed by atoms with Gasteiger partial charge in [-0.1, -0.05) is 63.2 Å². The summed E-state index contributed by atoms with van der Waals surface area (Å²) in [7, 11) is 0. The van der Waals surface area contributed by atoms with Gasteiger partial charge in [0.15, 0.2) is 0 Å². The van der Waals surface area contributed by atoms with Gasteiger partial charge in [-0.3, -0.25) is 0 Å². The first kappa shape index (κ1) is 13.6. The van der Waals surface area contributed by atoms with Gasteiger partial charge in [0, 0.05) is 0 Å². The van der Waals surface area contributed by atoms with Crippen molar-refractivity contribution in [3.63, 3.8) is 0 Å². The van der Waals surface area contributed by atoms with Crippen molar-refractivity contribution in [1.82, 2.24) is 0 Å². The second kappa shape index (κ2) is 4.23. The topological polar surface area (TPSA) is 0 Å². The summed E-state index contributed by atoms with van der Waals surface area (Å²) in [5.74, 6) is 0. The van der Waals surface area contributed by atoms with Crippen LogP contribution in [0.5, 0.6) is 0 Å². The smallest absolute Gasteiger partial charge is 0.00262 e. The van der Waals surface area contributed by atoms with Crippen LogP contribution < -0.4 is 0 Å². The maximum Gasteiger partial charge on any atom is -0.00262 e. The van der Waals surface area contributed by atoms with E-state index < -0.39 is 0 Å². The lowest BCUT2D eigenvalue weighted by Gasteiger charge is -2.25. The molecular weight excluding hydrogens is 264 g/mol. The average molecular weight is 286 g/mol. The molecule has 0 radical (unpaired) electrons. The van der Waals surface area contributed by atoms with Gasteiger partial charge in [-0.2, -0.15) is 0 Å². The summed E-state index contributed by atoms with van der Waals surface area (Å²) in [4.78, 5) is 0. The van der Waals surface area contributed by atoms with Crippen LogP contribution in [0, 0.1) is 13.8 Å². The van der Waals surface area contributed by atoms with E-state index in [1.54, 1.807) is 0 Å². The van der Waals surface area contributed by atoms with Gasteiger partial charge in [-0.05, 0) is 69.0 Å². The van der Waals surface area contributed by atoms with Gasteiger partial charge in [0.05, 0.1) is 0 Å². The maximum absolute atomic E-state index is 2.40. The molecule has 0 aliphatic heterocycles. The second-order valence-corrected chi connectivity index (χ2v) is 7.58. The molecule has 0 bridgehead atoms. The lowest BCUT2D eigenvalue weighted by Crippen LogP contribution is -2.14. The summed E-state index contributed by atoms with van der Waals surface area (Å²) in [6.45, 7) is 11.5. The molecule has 1 aliphatic carbocycles. The molecule has 0 nitrogen and oxygen atoms in total. The number of fused-ring (bicyclic) bond motifs is 3. The molecule has 4 rings (SSSR count). The maximum atomic E-state index is 2.40. The minimum atomic E-state index is 0.173. The zero-order valence-electron chi connectivity index (χ0n) is 14.0. The van der Waals surface area contributed by atoms with E-state index in [0.29, 0.717) is 0 Å². The van der Waals surface area contributed by atoms with Gasteiger partial charge in [-0.15, -0.1) is 0 Å². The van der Waals surface area contributed by atoms with Gasteiger partial charge >= 0.3 is 0 Å². The van der Waals surface area contributed by atoms with Crippen LogP contribution in [0.2, 0.25) is 0 Å². The summed E-state index contributed by atoms with van der Waals surface area (Å²) in [5, 5.41) is 2.78. The minimum absolute atomic E-state index is 0.173. The van der Waals surface area contributed by atoms with E-state index in [-0.39, 0.29) is 5.41 Å². The van der Waals surface area contributed by atoms with Crippen molar-refractivity contribution in [3.8, 4) is 22.3 Å². The Morgan fingerprint density at radius 1 is 0.773 bits per heavy atom. The highest BCUT2D eigenvalue weighted by Crippen LogP contribution is 2.51. The Balaban J connectivity index is 2.20. The highest BCUT2D eigenvalue weighted by atomic mass is 14.3. The molecule has 3 aromatic carbocycles. The number of benzene rings is 3. The Morgan fingerprint density at radius 2 is 1.36 bits per heavy atom. The second-order valence-electron chi connectivity index (χ2n) is 7.58. The van der Waals surface area contributed by atoms with E-state index in [1.165, 1.54) is 49.7 Å². The predicted octanol–water partition coefficient (Wildman–Crippen LogP) is 6.40. The predicted molar refractivity (Wildman–Crippen MR) is 96.6 cm³/mol. The molecule has 0 N–H and O–H groups in total. The van der Waals surface area contributed by atoms with Crippen LogP contribution in [0.4, 0.5) is 0 Å². The monoisotopic (exact) mass is 286 g/mol. The Bertz CT molecular complexity index is 916. The largest absolute Gasteiger partial charge is 0.0610 e. The molecule has 3 aromatic rings. The fourth-order valence-electron chi connectivity index (χ4n) is 4.14. The van der Waals surface area contributed by atoms with Crippen LogP contribution in [0.1, 0.15) is 37.5 Å². The molecule has 0 amide bonds. The van der Waals surface area contributed by atoms with Gasteiger partial charge < -0.3 is 0 Å². The summed E-state index contributed by atoms with van der Waals surface area (Å²) in [6, 6.07) is 15.8. The van der Waals surface area contributed by atoms with Crippen molar-refractivity contribution in [1.29, 1.82) is 0 Å². The van der Waals surface area contributed by atoms with Crippen LogP contribution in [-0.2, 0) is 5.41 Å². The van der Waals surface area contributed by atoms with Crippen LogP contribution >= 0.6 is 0 Å². The van der Waals surface area contributed by atoms with Crippen LogP contribution in [0.15, 0.2) is 42.5 Å². The van der Waals surface area contributed by atoms with E-state index in [0.717, 1.165) is 0 Å². The quantitative estimate of drug-likeness (QED) is 0.351. The molecule has 0 saturated heterocycles. The highest BCUT2D eigenvalue weighted by molar-refractivity contribution is 6.16. The molecule has 110 valence electrons. The van der Waals surface area contributed by atoms with Crippen molar-refractivity contribution in [2.75, 3.05) is 0 Å². The Labute approximate surface area is 132 Å². The first-order valence-corrected chi connectivity index (χ1v) is 8.07. The average Bonchev–Trinajstić information content (AvgIpc) is 2.80. The third kappa shape index (κ3) is 1.64. The van der Waals surface area contributed by atoms with Crippen molar-refractivity contribution >= 4 is 10.8 Å². The highest BCUT2D eigenvalue weighted by Gasteiger charge is 2.28. The van der Waals surface area contributed by atoms with E-state index >= 15 is 0 Å². The minimum Gasteiger partial charge on any atom is -0.0610 e. The van der Waals surface area contributed by atoms with Crippen molar-refractivity contribution in [2.24, 2.45) is 0 Å². The number of hydrogen-bond donors (Lipinski definition) is 0. The molecule has 0 saturated carbocycles. The lowest BCUT2D eigenvalue weighted by atomic mass is 9.79. The fraction of sp³-hybridized carbons (Fsp3) is 0.273. The van der Waals surface area contributed by atoms with Gasteiger partial charge in [0.2, 0.25) is 0 Å². The molecule has 0 unspecified atom stereocenters. The van der Waals surface area contributed by atoms with Gasteiger partial charge in [0.1, 0.15) is 0 Å². The van der Waals surface area contributed by atoms with Crippen LogP contribution in [0.3, 0.4) is 0 Å². The molecule has 0 atom stereocenters. The Kier molecular flexibility index (Phi) is 2.61. The zero-order chi connectivity index (χ0) is 15.6. The Morgan fingerprint density at radius 3 is 1.95 bits per heavy atom. The molecule has 0 spiro atoms. The normalized spacial score (nSPS) is 12.8. The van der Waals surface area contributed by atoms with E-state index in [1.807, 2.05) is 0 Å². The molecular formula is C22H22. The number of hydrogen-bond acceptors (Lipinski definition) is 0. The standard InChI is InChI=1S/C22H22/c1-13-12-18(22(3,4)5)14(2)20-17-11-7-9-15-8-6-10-16(19(13)20)21(15)17/h6-12H,1-5H3. The lowest BCUT2D eigenvalue weighted by molar-refractivity contribution is 0.586. The molecule has 0 heterocycles. The van der Waals surface area contributed by atoms with Crippen molar-refractivity contribution in [3.05, 3.63) is 59.2 Å². The Hall–Kier alpha value is -2.08. The molecule has 1 aliphatic rings. The summed E-state index contributed by atoms with van der Waals surface area (Å²) in [5.41, 5.74) is 10.2. The van der Waals surface area contributed by atoms with E-state index in [2.05, 4.69) is 77.1 Å². The van der Waals surface area contributed by atoms with Crippen molar-refractivity contribution in [2.45, 2.75) is 40.0 Å². The SMILES string of the molecule is Cc1cc(C(C)(C)C)c(C)c2c1-c1cccc3cccc-2c13. The van der Waals surface area contributed by atoms with Crippen LogP contribution in [-0.4, -0.2) is 0 Å². The molecule has 0 heteroatoms. The first-order valence-electron chi connectivity index (χ1n) is 8.07. The molecule has 0 fully saturated rings. The van der Waals surface area contributed by atoms with Gasteiger partial charge in [0.25, 0.3) is 0 Å². The molecule has 0 aromatic heterocycles. The zero-order valence-corrected chi connectivity index (χ0v) is 14.0. The van der Waals surface area contributed by atoms with Crippen molar-refractivity contribution < 1.29 is 0 Å². The number of aryl methyl sites for hydroxylation is 1. The summed E-state index contributed by atoms with van der Waals surface area (Å²) < 4.78 is 0.